The van der Waals surface area contributed by atoms with Crippen molar-refractivity contribution < 1.29 is 24.2 Å². The van der Waals surface area contributed by atoms with Gasteiger partial charge in [-0.1, -0.05) is 82.0 Å². The largest absolute Gasteiger partial charge is 0.496 e. The topological polar surface area (TPSA) is 76.1 Å². The lowest BCUT2D eigenvalue weighted by Gasteiger charge is -2.35. The molecule has 2 fully saturated rings. The van der Waals surface area contributed by atoms with Gasteiger partial charge in [-0.25, -0.2) is 4.79 Å². The maximum atomic E-state index is 14.1. The van der Waals surface area contributed by atoms with Gasteiger partial charge < -0.3 is 19.5 Å². The molecule has 1 saturated carbocycles. The zero-order valence-corrected chi connectivity index (χ0v) is 22.9. The highest BCUT2D eigenvalue weighted by Gasteiger charge is 2.59. The lowest BCUT2D eigenvalue weighted by molar-refractivity contribution is -0.154. The second-order valence-corrected chi connectivity index (χ2v) is 11.8. The highest BCUT2D eigenvalue weighted by molar-refractivity contribution is 6.30. The molecule has 1 aliphatic heterocycles. The highest BCUT2D eigenvalue weighted by atomic mass is 35.5. The van der Waals surface area contributed by atoms with Crippen molar-refractivity contribution in [3.63, 3.8) is 0 Å². The number of methoxy groups -OCH3 is 1. The third kappa shape index (κ3) is 5.80. The third-order valence-corrected chi connectivity index (χ3v) is 8.12. The summed E-state index contributed by atoms with van der Waals surface area (Å²) in [6.45, 7) is 6.27. The molecule has 4 atom stereocenters. The first-order valence-corrected chi connectivity index (χ1v) is 13.5. The van der Waals surface area contributed by atoms with Gasteiger partial charge >= 0.3 is 5.97 Å². The minimum Gasteiger partial charge on any atom is -0.496 e. The van der Waals surface area contributed by atoms with Gasteiger partial charge in [-0.15, -0.1) is 0 Å². The van der Waals surface area contributed by atoms with Gasteiger partial charge in [0.05, 0.1) is 25.9 Å². The summed E-state index contributed by atoms with van der Waals surface area (Å²) < 4.78 is 12.2. The van der Waals surface area contributed by atoms with E-state index in [0.29, 0.717) is 10.8 Å². The molecule has 1 saturated heterocycles. The molecule has 1 heterocycles. The SMILES string of the molecule is COc1ccc(Cl)cc1COC1C(c2ccccc2)N(C(=O)C2CCCCC2)C(C(=O)O)C1C(C)(C)C. The van der Waals surface area contributed by atoms with E-state index in [9.17, 15) is 14.7 Å². The number of carbonyl (C=O) groups excluding carboxylic acids is 1. The molecule has 2 aliphatic rings. The average molecular weight is 528 g/mol. The molecule has 0 spiro atoms. The van der Waals surface area contributed by atoms with Crippen LogP contribution in [0, 0.1) is 17.3 Å². The van der Waals surface area contributed by atoms with Gasteiger partial charge in [0, 0.05) is 22.4 Å². The van der Waals surface area contributed by atoms with E-state index in [0.717, 1.165) is 43.2 Å². The fourth-order valence-electron chi connectivity index (χ4n) is 6.20. The third-order valence-electron chi connectivity index (χ3n) is 7.88. The first-order valence-electron chi connectivity index (χ1n) is 13.2. The zero-order chi connectivity index (χ0) is 26.7. The second kappa shape index (κ2) is 11.4. The fraction of sp³-hybridized carbons (Fsp3) is 0.533. The molecule has 6 nitrogen and oxygen atoms in total. The molecule has 0 aromatic heterocycles. The van der Waals surface area contributed by atoms with E-state index in [1.807, 2.05) is 51.1 Å². The summed E-state index contributed by atoms with van der Waals surface area (Å²) in [7, 11) is 1.60. The molecule has 1 N–H and O–H groups in total. The summed E-state index contributed by atoms with van der Waals surface area (Å²) in [5.74, 6) is -1.00. The van der Waals surface area contributed by atoms with Crippen LogP contribution in [-0.4, -0.2) is 41.1 Å². The molecule has 1 amide bonds. The average Bonchev–Trinajstić information content (AvgIpc) is 3.24. The number of ether oxygens (including phenoxy) is 2. The molecule has 37 heavy (non-hydrogen) atoms. The fourth-order valence-corrected chi connectivity index (χ4v) is 6.39. The number of hydrogen-bond acceptors (Lipinski definition) is 4. The van der Waals surface area contributed by atoms with E-state index in [1.165, 1.54) is 0 Å². The maximum absolute atomic E-state index is 14.1. The maximum Gasteiger partial charge on any atom is 0.326 e. The lowest BCUT2D eigenvalue weighted by atomic mass is 9.73. The molecule has 2 aromatic rings. The van der Waals surface area contributed by atoms with Crippen molar-refractivity contribution >= 4 is 23.5 Å². The molecule has 2 aromatic carbocycles. The Kier molecular flexibility index (Phi) is 8.49. The molecular weight excluding hydrogens is 490 g/mol. The second-order valence-electron chi connectivity index (χ2n) is 11.3. The van der Waals surface area contributed by atoms with Crippen molar-refractivity contribution in [2.45, 2.75) is 77.7 Å². The number of nitrogens with zero attached hydrogens (tertiary/aromatic N) is 1. The van der Waals surface area contributed by atoms with Gasteiger partial charge in [-0.05, 0) is 42.0 Å². The number of benzene rings is 2. The zero-order valence-electron chi connectivity index (χ0n) is 22.2. The molecule has 4 unspecified atom stereocenters. The van der Waals surface area contributed by atoms with Gasteiger partial charge in [-0.3, -0.25) is 4.79 Å². The smallest absolute Gasteiger partial charge is 0.326 e. The number of amides is 1. The highest BCUT2D eigenvalue weighted by Crippen LogP contribution is 2.50. The molecule has 1 aliphatic carbocycles. The van der Waals surface area contributed by atoms with E-state index < -0.39 is 35.5 Å². The summed E-state index contributed by atoms with van der Waals surface area (Å²) in [5, 5.41) is 11.1. The number of halogens is 1. The van der Waals surface area contributed by atoms with Crippen LogP contribution in [0.2, 0.25) is 5.02 Å². The Morgan fingerprint density at radius 2 is 1.73 bits per heavy atom. The van der Waals surface area contributed by atoms with Crippen LogP contribution in [0.5, 0.6) is 5.75 Å². The van der Waals surface area contributed by atoms with Crippen molar-refractivity contribution in [3.05, 3.63) is 64.7 Å². The predicted molar refractivity (Wildman–Crippen MR) is 144 cm³/mol. The van der Waals surface area contributed by atoms with Crippen LogP contribution < -0.4 is 4.74 Å². The summed E-state index contributed by atoms with van der Waals surface area (Å²) in [5.41, 5.74) is 1.21. The molecule has 7 heteroatoms. The van der Waals surface area contributed by atoms with Crippen molar-refractivity contribution in [2.75, 3.05) is 7.11 Å². The number of likely N-dealkylation sites (tertiary alicyclic amines) is 1. The molecule has 200 valence electrons. The van der Waals surface area contributed by atoms with E-state index in [1.54, 1.807) is 30.2 Å². The van der Waals surface area contributed by atoms with Gasteiger partial charge in [-0.2, -0.15) is 0 Å². The molecule has 0 radical (unpaired) electrons. The molecule has 0 bridgehead atoms. The number of aliphatic carboxylic acids is 1. The summed E-state index contributed by atoms with van der Waals surface area (Å²) in [6.07, 6.45) is 4.17. The standard InChI is InChI=1S/C30H38ClNO5/c1-30(2,3)24-26(29(34)35)32(28(33)20-13-9-6-10-14-20)25(19-11-7-5-8-12-19)27(24)37-18-21-17-22(31)15-16-23(21)36-4/h5,7-8,11-12,15-17,20,24-27H,6,9-10,13-14,18H2,1-4H3,(H,34,35). The van der Waals surface area contributed by atoms with Gasteiger partial charge in [0.2, 0.25) is 5.91 Å². The van der Waals surface area contributed by atoms with Crippen molar-refractivity contribution in [3.8, 4) is 5.75 Å². The van der Waals surface area contributed by atoms with Gasteiger partial charge in [0.1, 0.15) is 11.8 Å². The van der Waals surface area contributed by atoms with E-state index in [2.05, 4.69) is 0 Å². The predicted octanol–water partition coefficient (Wildman–Crippen LogP) is 6.51. The van der Waals surface area contributed by atoms with Gasteiger partial charge in [0.15, 0.2) is 0 Å². The summed E-state index contributed by atoms with van der Waals surface area (Å²) >= 11 is 6.27. The van der Waals surface area contributed by atoms with Crippen LogP contribution >= 0.6 is 11.6 Å². The van der Waals surface area contributed by atoms with Crippen LogP contribution in [0.25, 0.3) is 0 Å². The number of hydrogen-bond donors (Lipinski definition) is 1. The van der Waals surface area contributed by atoms with Crippen LogP contribution in [0.15, 0.2) is 48.5 Å². The summed E-state index contributed by atoms with van der Waals surface area (Å²) in [6, 6.07) is 13.5. The molecular formula is C30H38ClNO5. The Labute approximate surface area is 224 Å². The Morgan fingerprint density at radius 1 is 1.05 bits per heavy atom. The van der Waals surface area contributed by atoms with Crippen LogP contribution in [0.1, 0.15) is 70.0 Å². The van der Waals surface area contributed by atoms with Crippen LogP contribution in [-0.2, 0) is 20.9 Å². The number of carboxylic acids is 1. The minimum absolute atomic E-state index is 0.0679. The van der Waals surface area contributed by atoms with Gasteiger partial charge in [0.25, 0.3) is 0 Å². The number of carbonyl (C=O) groups is 2. The van der Waals surface area contributed by atoms with E-state index in [4.69, 9.17) is 21.1 Å². The van der Waals surface area contributed by atoms with Crippen molar-refractivity contribution in [2.24, 2.45) is 17.3 Å². The monoisotopic (exact) mass is 527 g/mol. The van der Waals surface area contributed by atoms with E-state index in [-0.39, 0.29) is 18.4 Å². The van der Waals surface area contributed by atoms with Crippen LogP contribution in [0.4, 0.5) is 0 Å². The van der Waals surface area contributed by atoms with E-state index >= 15 is 0 Å². The van der Waals surface area contributed by atoms with Crippen molar-refractivity contribution in [1.82, 2.24) is 4.90 Å². The number of rotatable bonds is 7. The Balaban J connectivity index is 1.80. The van der Waals surface area contributed by atoms with Crippen LogP contribution in [0.3, 0.4) is 0 Å². The lowest BCUT2D eigenvalue weighted by Crippen LogP contribution is -2.49. The Bertz CT molecular complexity index is 1090. The Hall–Kier alpha value is -2.57. The number of carboxylic acid groups (broad SMARTS) is 1. The molecule has 4 rings (SSSR count). The minimum atomic E-state index is -0.995. The first kappa shape index (κ1) is 27.5. The normalized spacial score (nSPS) is 24.7. The Morgan fingerprint density at radius 3 is 2.32 bits per heavy atom. The quantitative estimate of drug-likeness (QED) is 0.444. The summed E-state index contributed by atoms with van der Waals surface area (Å²) in [4.78, 5) is 28.7. The van der Waals surface area contributed by atoms with Crippen molar-refractivity contribution in [1.29, 1.82) is 0 Å². The first-order chi connectivity index (χ1) is 17.6.